The van der Waals surface area contributed by atoms with Gasteiger partial charge in [-0.15, -0.1) is 0 Å². The Morgan fingerprint density at radius 2 is 1.95 bits per heavy atom. The molecule has 0 aliphatic heterocycles. The maximum atomic E-state index is 12.4. The molecule has 4 heteroatoms. The SMILES string of the molecule is NC1CCCCCC1C(=O)NC(CO)Cc1ccccc1. The monoisotopic (exact) mass is 290 g/mol. The molecule has 1 aromatic rings. The third-order valence-electron chi connectivity index (χ3n) is 4.30. The molecule has 116 valence electrons. The fourth-order valence-corrected chi connectivity index (χ4v) is 3.03. The van der Waals surface area contributed by atoms with E-state index < -0.39 is 0 Å². The third kappa shape index (κ3) is 4.83. The molecule has 4 N–H and O–H groups in total. The van der Waals surface area contributed by atoms with Crippen molar-refractivity contribution in [1.82, 2.24) is 5.32 Å². The first-order valence-corrected chi connectivity index (χ1v) is 7.91. The zero-order chi connectivity index (χ0) is 15.1. The van der Waals surface area contributed by atoms with E-state index in [9.17, 15) is 9.90 Å². The first-order chi connectivity index (χ1) is 10.2. The number of carbonyl (C=O) groups is 1. The number of aliphatic hydroxyl groups excluding tert-OH is 1. The minimum Gasteiger partial charge on any atom is -0.394 e. The Bertz CT molecular complexity index is 436. The van der Waals surface area contributed by atoms with E-state index in [2.05, 4.69) is 5.32 Å². The summed E-state index contributed by atoms with van der Waals surface area (Å²) in [7, 11) is 0. The standard InChI is InChI=1S/C17H26N2O2/c18-16-10-6-2-5-9-15(16)17(21)19-14(12-20)11-13-7-3-1-4-8-13/h1,3-4,7-8,14-16,20H,2,5-6,9-12,18H2,(H,19,21). The Labute approximate surface area is 126 Å². The number of nitrogens with one attached hydrogen (secondary N) is 1. The van der Waals surface area contributed by atoms with Gasteiger partial charge in [-0.1, -0.05) is 49.6 Å². The molecule has 1 aliphatic rings. The molecule has 1 aromatic carbocycles. The minimum atomic E-state index is -0.240. The number of aliphatic hydroxyl groups is 1. The van der Waals surface area contributed by atoms with Crippen LogP contribution in [-0.4, -0.2) is 29.7 Å². The van der Waals surface area contributed by atoms with Gasteiger partial charge in [0.15, 0.2) is 0 Å². The Hall–Kier alpha value is -1.39. The smallest absolute Gasteiger partial charge is 0.224 e. The highest BCUT2D eigenvalue weighted by Gasteiger charge is 2.28. The quantitative estimate of drug-likeness (QED) is 0.721. The van der Waals surface area contributed by atoms with Crippen LogP contribution in [0.4, 0.5) is 0 Å². The normalized spacial score (nSPS) is 24.1. The van der Waals surface area contributed by atoms with Crippen molar-refractivity contribution in [2.45, 2.75) is 50.6 Å². The maximum Gasteiger partial charge on any atom is 0.224 e. The molecule has 1 aliphatic carbocycles. The molecular weight excluding hydrogens is 264 g/mol. The molecule has 0 radical (unpaired) electrons. The van der Waals surface area contributed by atoms with E-state index in [0.717, 1.165) is 37.7 Å². The molecular formula is C17H26N2O2. The summed E-state index contributed by atoms with van der Waals surface area (Å²) < 4.78 is 0. The predicted octanol–water partition coefficient (Wildman–Crippen LogP) is 1.61. The lowest BCUT2D eigenvalue weighted by molar-refractivity contribution is -0.126. The van der Waals surface area contributed by atoms with Gasteiger partial charge in [0.25, 0.3) is 0 Å². The molecule has 3 unspecified atom stereocenters. The van der Waals surface area contributed by atoms with Crippen LogP contribution in [0.2, 0.25) is 0 Å². The summed E-state index contributed by atoms with van der Waals surface area (Å²) in [5.74, 6) is -0.114. The van der Waals surface area contributed by atoms with Gasteiger partial charge < -0.3 is 16.2 Å². The van der Waals surface area contributed by atoms with Crippen LogP contribution in [0.1, 0.15) is 37.7 Å². The highest BCUT2D eigenvalue weighted by atomic mass is 16.3. The summed E-state index contributed by atoms with van der Waals surface area (Å²) in [4.78, 5) is 12.4. The van der Waals surface area contributed by atoms with E-state index in [4.69, 9.17) is 5.73 Å². The number of benzene rings is 1. The van der Waals surface area contributed by atoms with Crippen LogP contribution in [-0.2, 0) is 11.2 Å². The van der Waals surface area contributed by atoms with Gasteiger partial charge in [-0.2, -0.15) is 0 Å². The Morgan fingerprint density at radius 3 is 2.67 bits per heavy atom. The van der Waals surface area contributed by atoms with Crippen LogP contribution >= 0.6 is 0 Å². The van der Waals surface area contributed by atoms with Crippen LogP contribution in [0.15, 0.2) is 30.3 Å². The highest BCUT2D eigenvalue weighted by Crippen LogP contribution is 2.22. The molecule has 3 atom stereocenters. The van der Waals surface area contributed by atoms with Crippen LogP contribution in [0.3, 0.4) is 0 Å². The number of amides is 1. The van der Waals surface area contributed by atoms with Crippen molar-refractivity contribution in [3.05, 3.63) is 35.9 Å². The number of rotatable bonds is 5. The molecule has 0 spiro atoms. The number of hydrogen-bond donors (Lipinski definition) is 3. The fraction of sp³-hybridized carbons (Fsp3) is 0.588. The molecule has 2 rings (SSSR count). The van der Waals surface area contributed by atoms with Crippen LogP contribution in [0, 0.1) is 5.92 Å². The van der Waals surface area contributed by atoms with Crippen molar-refractivity contribution in [1.29, 1.82) is 0 Å². The molecule has 1 fully saturated rings. The van der Waals surface area contributed by atoms with E-state index >= 15 is 0 Å². The molecule has 1 amide bonds. The second kappa shape index (κ2) is 8.15. The molecule has 21 heavy (non-hydrogen) atoms. The van der Waals surface area contributed by atoms with Crippen molar-refractivity contribution in [3.63, 3.8) is 0 Å². The van der Waals surface area contributed by atoms with Gasteiger partial charge in [0.2, 0.25) is 5.91 Å². The summed E-state index contributed by atoms with van der Waals surface area (Å²) in [6, 6.07) is 9.61. The van der Waals surface area contributed by atoms with E-state index in [0.29, 0.717) is 6.42 Å². The second-order valence-corrected chi connectivity index (χ2v) is 5.99. The maximum absolute atomic E-state index is 12.4. The van der Waals surface area contributed by atoms with Gasteiger partial charge in [-0.25, -0.2) is 0 Å². The second-order valence-electron chi connectivity index (χ2n) is 5.99. The van der Waals surface area contributed by atoms with E-state index in [1.165, 1.54) is 0 Å². The Balaban J connectivity index is 1.92. The summed E-state index contributed by atoms with van der Waals surface area (Å²) >= 11 is 0. The molecule has 1 saturated carbocycles. The minimum absolute atomic E-state index is 0.000573. The largest absolute Gasteiger partial charge is 0.394 e. The van der Waals surface area contributed by atoms with Crippen molar-refractivity contribution >= 4 is 5.91 Å². The van der Waals surface area contributed by atoms with Crippen molar-refractivity contribution in [2.75, 3.05) is 6.61 Å². The van der Waals surface area contributed by atoms with Gasteiger partial charge in [-0.05, 0) is 24.8 Å². The third-order valence-corrected chi connectivity index (χ3v) is 4.30. The van der Waals surface area contributed by atoms with Gasteiger partial charge in [0.05, 0.1) is 18.6 Å². The predicted molar refractivity (Wildman–Crippen MR) is 83.7 cm³/mol. The van der Waals surface area contributed by atoms with Gasteiger partial charge in [0, 0.05) is 6.04 Å². The van der Waals surface area contributed by atoms with Crippen molar-refractivity contribution < 1.29 is 9.90 Å². The number of nitrogens with two attached hydrogens (primary N) is 1. The van der Waals surface area contributed by atoms with Crippen LogP contribution in [0.25, 0.3) is 0 Å². The lowest BCUT2D eigenvalue weighted by Gasteiger charge is -2.24. The average molecular weight is 290 g/mol. The topological polar surface area (TPSA) is 75.4 Å². The first kappa shape index (κ1) is 16.0. The Kier molecular flexibility index (Phi) is 6.21. The van der Waals surface area contributed by atoms with E-state index in [1.54, 1.807) is 0 Å². The average Bonchev–Trinajstić information content (AvgIpc) is 2.72. The van der Waals surface area contributed by atoms with Crippen molar-refractivity contribution in [2.24, 2.45) is 11.7 Å². The fourth-order valence-electron chi connectivity index (χ4n) is 3.03. The lowest BCUT2D eigenvalue weighted by atomic mass is 9.94. The first-order valence-electron chi connectivity index (χ1n) is 7.91. The highest BCUT2D eigenvalue weighted by molar-refractivity contribution is 5.79. The summed E-state index contributed by atoms with van der Waals surface area (Å²) in [5, 5.41) is 12.5. The van der Waals surface area contributed by atoms with Crippen molar-refractivity contribution in [3.8, 4) is 0 Å². The van der Waals surface area contributed by atoms with Gasteiger partial charge in [-0.3, -0.25) is 4.79 Å². The zero-order valence-electron chi connectivity index (χ0n) is 12.5. The number of carbonyl (C=O) groups excluding carboxylic acids is 1. The zero-order valence-corrected chi connectivity index (χ0v) is 12.5. The molecule has 0 aromatic heterocycles. The molecule has 0 saturated heterocycles. The van der Waals surface area contributed by atoms with Crippen LogP contribution in [0.5, 0.6) is 0 Å². The summed E-state index contributed by atoms with van der Waals surface area (Å²) in [6.45, 7) is -0.0530. The number of hydrogen-bond acceptors (Lipinski definition) is 3. The molecule has 0 heterocycles. The Morgan fingerprint density at radius 1 is 1.24 bits per heavy atom. The lowest BCUT2D eigenvalue weighted by Crippen LogP contribution is -2.47. The molecule has 0 bridgehead atoms. The summed E-state index contributed by atoms with van der Waals surface area (Å²) in [6.07, 6.45) is 5.75. The van der Waals surface area contributed by atoms with Gasteiger partial charge in [0.1, 0.15) is 0 Å². The van der Waals surface area contributed by atoms with E-state index in [-0.39, 0.29) is 30.5 Å². The molecule has 4 nitrogen and oxygen atoms in total. The van der Waals surface area contributed by atoms with Crippen LogP contribution < -0.4 is 11.1 Å². The van der Waals surface area contributed by atoms with E-state index in [1.807, 2.05) is 30.3 Å². The van der Waals surface area contributed by atoms with Gasteiger partial charge >= 0.3 is 0 Å². The summed E-state index contributed by atoms with van der Waals surface area (Å²) in [5.41, 5.74) is 7.24.